The van der Waals surface area contributed by atoms with Gasteiger partial charge in [-0.05, 0) is 12.1 Å². The minimum absolute atomic E-state index is 0.198. The molecule has 1 aromatic rings. The number of methoxy groups -OCH3 is 3. The largest absolute Gasteiger partial charge is 0.493 e. The van der Waals surface area contributed by atoms with Gasteiger partial charge < -0.3 is 24.2 Å². The number of carbonyl (C=O) groups excluding carboxylic acids is 3. The van der Waals surface area contributed by atoms with Crippen molar-refractivity contribution in [2.24, 2.45) is 0 Å². The Morgan fingerprint density at radius 1 is 1.17 bits per heavy atom. The molecule has 0 aliphatic carbocycles. The Bertz CT molecular complexity index is 819. The second-order valence-corrected chi connectivity index (χ2v) is 8.68. The molecule has 11 heteroatoms. The van der Waals surface area contributed by atoms with Gasteiger partial charge in [0.05, 0.1) is 32.5 Å². The predicted octanol–water partition coefficient (Wildman–Crippen LogP) is 1.92. The number of carbonyl (C=O) groups is 4. The lowest BCUT2D eigenvalue weighted by Gasteiger charge is -2.25. The first-order chi connectivity index (χ1) is 14.2. The Morgan fingerprint density at radius 2 is 1.77 bits per heavy atom. The van der Waals surface area contributed by atoms with Gasteiger partial charge in [0.25, 0.3) is 0 Å². The summed E-state index contributed by atoms with van der Waals surface area (Å²) in [5.74, 6) is -0.735. The van der Waals surface area contributed by atoms with Crippen LogP contribution in [0.25, 0.3) is 0 Å². The molecule has 1 unspecified atom stereocenters. The van der Waals surface area contributed by atoms with Crippen LogP contribution in [-0.4, -0.2) is 77.0 Å². The molecule has 2 rings (SSSR count). The summed E-state index contributed by atoms with van der Waals surface area (Å²) in [5, 5.41) is 7.96. The van der Waals surface area contributed by atoms with Gasteiger partial charge in [0.1, 0.15) is 6.04 Å². The van der Waals surface area contributed by atoms with Crippen molar-refractivity contribution in [1.82, 2.24) is 4.90 Å². The maximum absolute atomic E-state index is 13.0. The number of nitrogens with zero attached hydrogens (tertiary/aromatic N) is 1. The molecule has 164 valence electrons. The number of benzene rings is 1. The van der Waals surface area contributed by atoms with Crippen molar-refractivity contribution in [3.05, 3.63) is 17.7 Å². The lowest BCUT2D eigenvalue weighted by atomic mass is 10.0. The summed E-state index contributed by atoms with van der Waals surface area (Å²) in [7, 11) is 4.27. The zero-order valence-electron chi connectivity index (χ0n) is 17.0. The van der Waals surface area contributed by atoms with Crippen molar-refractivity contribution in [2.75, 3.05) is 33.0 Å². The van der Waals surface area contributed by atoms with Gasteiger partial charge in [-0.25, -0.2) is 4.79 Å². The Kier molecular flexibility index (Phi) is 8.42. The fraction of sp³-hybridized carbons (Fsp3) is 0.474. The van der Waals surface area contributed by atoms with E-state index in [0.29, 0.717) is 5.75 Å². The smallest absolute Gasteiger partial charge is 0.327 e. The molecule has 1 amide bonds. The molecule has 1 aliphatic rings. The molecule has 1 saturated heterocycles. The van der Waals surface area contributed by atoms with Crippen LogP contribution in [-0.2, 0) is 14.4 Å². The van der Waals surface area contributed by atoms with E-state index in [4.69, 9.17) is 14.2 Å². The number of aliphatic carboxylic acids is 1. The monoisotopic (exact) mass is 457 g/mol. The van der Waals surface area contributed by atoms with Gasteiger partial charge in [-0.3, -0.25) is 14.4 Å². The highest BCUT2D eigenvalue weighted by molar-refractivity contribution is 8.14. The highest BCUT2D eigenvalue weighted by Gasteiger charge is 2.39. The SMILES string of the molecule is COc1cc(C(=O)CC(SC(C)=O)C(=O)N2CSC[C@H]2C(=O)O)cc(OC)c1OC. The van der Waals surface area contributed by atoms with E-state index in [1.807, 2.05) is 0 Å². The summed E-state index contributed by atoms with van der Waals surface area (Å²) >= 11 is 2.03. The zero-order valence-corrected chi connectivity index (χ0v) is 18.6. The number of hydrogen-bond acceptors (Lipinski definition) is 9. The number of amides is 1. The molecular weight excluding hydrogens is 434 g/mol. The molecule has 0 saturated carbocycles. The number of rotatable bonds is 9. The Hall–Kier alpha value is -2.40. The van der Waals surface area contributed by atoms with Crippen molar-refractivity contribution in [1.29, 1.82) is 0 Å². The van der Waals surface area contributed by atoms with Crippen LogP contribution in [0, 0.1) is 0 Å². The summed E-state index contributed by atoms with van der Waals surface area (Å²) in [6, 6.07) is 1.96. The summed E-state index contributed by atoms with van der Waals surface area (Å²) < 4.78 is 15.7. The van der Waals surface area contributed by atoms with E-state index < -0.39 is 29.0 Å². The molecule has 1 fully saturated rings. The third kappa shape index (κ3) is 5.39. The van der Waals surface area contributed by atoms with Crippen molar-refractivity contribution in [2.45, 2.75) is 24.6 Å². The molecule has 1 heterocycles. The van der Waals surface area contributed by atoms with E-state index in [1.165, 1.54) is 57.0 Å². The topological polar surface area (TPSA) is 119 Å². The highest BCUT2D eigenvalue weighted by Crippen LogP contribution is 2.39. The van der Waals surface area contributed by atoms with Crippen LogP contribution in [0.5, 0.6) is 17.2 Å². The van der Waals surface area contributed by atoms with Gasteiger partial charge in [-0.15, -0.1) is 11.8 Å². The standard InChI is InChI=1S/C19H23NO8S2/c1-10(21)30-16(18(23)20-9-29-8-12(20)19(24)25)7-13(22)11-5-14(26-2)17(28-4)15(6-11)27-3/h5-6,12,16H,7-9H2,1-4H3,(H,24,25)/t12-,16?/m0/s1. The minimum atomic E-state index is -1.11. The van der Waals surface area contributed by atoms with Crippen LogP contribution in [0.2, 0.25) is 0 Å². The number of carboxylic acids is 1. The van der Waals surface area contributed by atoms with E-state index in [2.05, 4.69) is 0 Å². The van der Waals surface area contributed by atoms with Crippen molar-refractivity contribution in [3.63, 3.8) is 0 Å². The lowest BCUT2D eigenvalue weighted by Crippen LogP contribution is -2.46. The maximum atomic E-state index is 13.0. The highest BCUT2D eigenvalue weighted by atomic mass is 32.2. The number of hydrogen-bond donors (Lipinski definition) is 1. The van der Waals surface area contributed by atoms with E-state index in [1.54, 1.807) is 0 Å². The molecule has 1 aliphatic heterocycles. The fourth-order valence-electron chi connectivity index (χ4n) is 2.96. The van der Waals surface area contributed by atoms with Crippen LogP contribution in [0.15, 0.2) is 12.1 Å². The number of thioether (sulfide) groups is 2. The number of ether oxygens (including phenoxy) is 3. The maximum Gasteiger partial charge on any atom is 0.327 e. The molecule has 1 N–H and O–H groups in total. The molecular formula is C19H23NO8S2. The minimum Gasteiger partial charge on any atom is -0.493 e. The van der Waals surface area contributed by atoms with E-state index >= 15 is 0 Å². The summed E-state index contributed by atoms with van der Waals surface area (Å²) in [6.07, 6.45) is -0.283. The fourth-order valence-corrected chi connectivity index (χ4v) is 4.98. The van der Waals surface area contributed by atoms with Gasteiger partial charge in [-0.2, -0.15) is 0 Å². The molecule has 0 spiro atoms. The quantitative estimate of drug-likeness (QED) is 0.551. The van der Waals surface area contributed by atoms with Crippen molar-refractivity contribution in [3.8, 4) is 17.2 Å². The van der Waals surface area contributed by atoms with Gasteiger partial charge in [0.15, 0.2) is 22.4 Å². The van der Waals surface area contributed by atoms with E-state index in [-0.39, 0.29) is 40.2 Å². The van der Waals surface area contributed by atoms with Gasteiger partial charge in [0.2, 0.25) is 11.7 Å². The number of Topliss-reactive ketones (excluding diaryl/α,β-unsaturated/α-hetero) is 1. The Balaban J connectivity index is 2.30. The molecule has 0 radical (unpaired) electrons. The van der Waals surface area contributed by atoms with Gasteiger partial charge in [0, 0.05) is 24.7 Å². The van der Waals surface area contributed by atoms with Crippen LogP contribution in [0.4, 0.5) is 0 Å². The van der Waals surface area contributed by atoms with Crippen molar-refractivity contribution >= 4 is 46.3 Å². The average molecular weight is 458 g/mol. The average Bonchev–Trinajstić information content (AvgIpc) is 3.21. The lowest BCUT2D eigenvalue weighted by molar-refractivity contribution is -0.147. The second kappa shape index (κ2) is 10.6. The van der Waals surface area contributed by atoms with Crippen LogP contribution in [0.3, 0.4) is 0 Å². The summed E-state index contributed by atoms with van der Waals surface area (Å²) in [6.45, 7) is 1.29. The molecule has 0 aromatic heterocycles. The second-order valence-electron chi connectivity index (χ2n) is 6.30. The molecule has 2 atom stereocenters. The van der Waals surface area contributed by atoms with E-state index in [9.17, 15) is 24.3 Å². The molecule has 1 aromatic carbocycles. The number of carboxylic acid groups (broad SMARTS) is 1. The predicted molar refractivity (Wildman–Crippen MR) is 113 cm³/mol. The zero-order chi connectivity index (χ0) is 22.4. The number of ketones is 1. The molecule has 9 nitrogen and oxygen atoms in total. The Labute approximate surface area is 182 Å². The van der Waals surface area contributed by atoms with Crippen LogP contribution < -0.4 is 14.2 Å². The molecule has 30 heavy (non-hydrogen) atoms. The first-order valence-corrected chi connectivity index (χ1v) is 10.9. The Morgan fingerprint density at radius 3 is 2.23 bits per heavy atom. The van der Waals surface area contributed by atoms with Gasteiger partial charge >= 0.3 is 5.97 Å². The van der Waals surface area contributed by atoms with Crippen molar-refractivity contribution < 1.29 is 38.5 Å². The van der Waals surface area contributed by atoms with E-state index in [0.717, 1.165) is 11.8 Å². The van der Waals surface area contributed by atoms with Gasteiger partial charge in [-0.1, -0.05) is 11.8 Å². The summed E-state index contributed by atoms with van der Waals surface area (Å²) in [4.78, 5) is 50.2. The molecule has 0 bridgehead atoms. The summed E-state index contributed by atoms with van der Waals surface area (Å²) in [5.41, 5.74) is 0.219. The normalized spacial score (nSPS) is 16.7. The van der Waals surface area contributed by atoms with Crippen LogP contribution in [0.1, 0.15) is 23.7 Å². The van der Waals surface area contributed by atoms with Crippen LogP contribution >= 0.6 is 23.5 Å². The third-order valence-electron chi connectivity index (χ3n) is 4.39. The first-order valence-electron chi connectivity index (χ1n) is 8.84. The first kappa shape index (κ1) is 23.9. The third-order valence-corrected chi connectivity index (χ3v) is 6.39.